The summed E-state index contributed by atoms with van der Waals surface area (Å²) in [5.74, 6) is -5.45. The van der Waals surface area contributed by atoms with E-state index in [0.29, 0.717) is 22.4 Å². The number of thiophene rings is 1. The normalized spacial score (nSPS) is 18.7. The lowest BCUT2D eigenvalue weighted by molar-refractivity contribution is -0.142. The Labute approximate surface area is 384 Å². The molecule has 0 saturated carbocycles. The summed E-state index contributed by atoms with van der Waals surface area (Å²) in [5, 5.41) is 25.6. The minimum atomic E-state index is -1.51. The zero-order chi connectivity index (χ0) is 46.4. The Kier molecular flexibility index (Phi) is 15.7. The van der Waals surface area contributed by atoms with Gasteiger partial charge in [-0.2, -0.15) is 0 Å². The summed E-state index contributed by atoms with van der Waals surface area (Å²) in [6, 6.07) is 34.8. The number of carboxylic acid groups (broad SMARTS) is 1. The Hall–Kier alpha value is -7.65. The van der Waals surface area contributed by atoms with Crippen LogP contribution in [0.1, 0.15) is 27.1 Å². The van der Waals surface area contributed by atoms with E-state index in [9.17, 15) is 33.9 Å². The highest BCUT2D eigenvalue weighted by Gasteiger charge is 2.34. The molecule has 0 spiro atoms. The van der Waals surface area contributed by atoms with Gasteiger partial charge in [-0.3, -0.25) is 24.0 Å². The van der Waals surface area contributed by atoms with Crippen LogP contribution in [0, 0.1) is 5.82 Å². The van der Waals surface area contributed by atoms with Crippen molar-refractivity contribution in [1.82, 2.24) is 26.6 Å². The van der Waals surface area contributed by atoms with Crippen LogP contribution in [0.25, 0.3) is 11.1 Å². The van der Waals surface area contributed by atoms with Crippen LogP contribution in [0.15, 0.2) is 151 Å². The molecular formula is C51H48FN5O8S. The lowest BCUT2D eigenvalue weighted by Gasteiger charge is -2.27. The number of aliphatic carboxylic acids is 1. The molecule has 6 aromatic rings. The third-order valence-corrected chi connectivity index (χ3v) is 11.9. The van der Waals surface area contributed by atoms with Crippen molar-refractivity contribution in [2.75, 3.05) is 6.61 Å². The van der Waals surface area contributed by atoms with Crippen LogP contribution in [0.4, 0.5) is 4.39 Å². The smallest absolute Gasteiger partial charge is 0.326 e. The van der Waals surface area contributed by atoms with Crippen molar-refractivity contribution in [3.63, 3.8) is 0 Å². The largest absolute Gasteiger partial charge is 0.484 e. The van der Waals surface area contributed by atoms with Crippen LogP contribution in [-0.4, -0.2) is 77.4 Å². The van der Waals surface area contributed by atoms with Crippen LogP contribution in [-0.2, 0) is 60.9 Å². The number of ether oxygens (including phenoxy) is 1. The summed E-state index contributed by atoms with van der Waals surface area (Å²) in [6.07, 6.45) is -0.511. The van der Waals surface area contributed by atoms with Gasteiger partial charge in [-0.25, -0.2) is 9.18 Å². The highest BCUT2D eigenvalue weighted by molar-refractivity contribution is 7.09. The van der Waals surface area contributed by atoms with E-state index >= 15 is 4.39 Å². The fourth-order valence-corrected chi connectivity index (χ4v) is 8.28. The van der Waals surface area contributed by atoms with E-state index in [0.717, 1.165) is 16.0 Å². The second kappa shape index (κ2) is 22.3. The Morgan fingerprint density at radius 2 is 1.26 bits per heavy atom. The number of carbonyl (C=O) groups is 6. The highest BCUT2D eigenvalue weighted by atomic mass is 32.1. The van der Waals surface area contributed by atoms with E-state index in [2.05, 4.69) is 26.6 Å². The molecule has 5 aromatic carbocycles. The maximum Gasteiger partial charge on any atom is 0.326 e. The first kappa shape index (κ1) is 46.3. The number of halogens is 1. The highest BCUT2D eigenvalue weighted by Crippen LogP contribution is 2.21. The van der Waals surface area contributed by atoms with E-state index in [1.807, 2.05) is 72.1 Å². The van der Waals surface area contributed by atoms with Crippen LogP contribution in [0.5, 0.6) is 5.75 Å². The quantitative estimate of drug-likeness (QED) is 0.0928. The van der Waals surface area contributed by atoms with Crippen LogP contribution in [0.3, 0.4) is 0 Å². The predicted octanol–water partition coefficient (Wildman–Crippen LogP) is 4.97. The summed E-state index contributed by atoms with van der Waals surface area (Å²) < 4.78 is 21.1. The van der Waals surface area contributed by atoms with Crippen molar-refractivity contribution in [2.24, 2.45) is 0 Å². The molecule has 8 rings (SSSR count). The van der Waals surface area contributed by atoms with Crippen LogP contribution < -0.4 is 31.3 Å². The fourth-order valence-electron chi connectivity index (χ4n) is 7.53. The van der Waals surface area contributed by atoms with Gasteiger partial charge < -0.3 is 36.4 Å². The minimum Gasteiger partial charge on any atom is -0.484 e. The standard InChI is InChI=1S/C51H48FN5O8S/c52-40-16-8-7-14-37(40)29-43-49(61)54-42(48(60)57-45(51(63)64)28-32-10-3-1-4-11-32)27-34-19-23-38(24-20-34)65-31-46(58)53-44(30-39-15-9-25-66-39)50(62)55-41(47(59)56-43)26-33-17-21-36(22-18-33)35-12-5-2-6-13-35/h1-25,41-45H,26-31H2,(H,53,58)(H,54,61)(H,55,62)(H,56,59)(H,57,60)(H,63,64)/t41-,42+,43+,44+,45-/m1/s1. The van der Waals surface area contributed by atoms with Gasteiger partial charge in [-0.1, -0.05) is 121 Å². The molecule has 2 bridgehead atoms. The average molecular weight is 910 g/mol. The lowest BCUT2D eigenvalue weighted by atomic mass is 9.98. The molecule has 66 heavy (non-hydrogen) atoms. The van der Waals surface area contributed by atoms with E-state index in [1.165, 1.54) is 29.5 Å². The number of hydrogen-bond acceptors (Lipinski definition) is 8. The minimum absolute atomic E-state index is 0.0512. The number of benzene rings is 5. The van der Waals surface area contributed by atoms with Crippen LogP contribution >= 0.6 is 11.3 Å². The number of carbonyl (C=O) groups excluding carboxylic acids is 5. The summed E-state index contributed by atoms with van der Waals surface area (Å²) >= 11 is 1.39. The Bertz CT molecular complexity index is 2610. The molecule has 1 aromatic heterocycles. The monoisotopic (exact) mass is 909 g/mol. The van der Waals surface area contributed by atoms with Crippen molar-refractivity contribution in [1.29, 1.82) is 0 Å². The maximum atomic E-state index is 15.3. The second-order valence-corrected chi connectivity index (χ2v) is 16.9. The number of nitrogens with one attached hydrogen (secondary N) is 5. The van der Waals surface area contributed by atoms with Crippen LogP contribution in [0.2, 0.25) is 0 Å². The zero-order valence-corrected chi connectivity index (χ0v) is 36.5. The molecule has 3 heterocycles. The molecular weight excluding hydrogens is 862 g/mol. The lowest BCUT2D eigenvalue weighted by Crippen LogP contribution is -2.60. The average Bonchev–Trinajstić information content (AvgIpc) is 3.84. The number of carboxylic acids is 1. The summed E-state index contributed by atoms with van der Waals surface area (Å²) in [4.78, 5) is 84.3. The topological polar surface area (TPSA) is 192 Å². The summed E-state index contributed by atoms with van der Waals surface area (Å²) in [5.41, 5.74) is 3.80. The molecule has 0 fully saturated rings. The molecule has 0 radical (unpaired) electrons. The third-order valence-electron chi connectivity index (χ3n) is 11.0. The van der Waals surface area contributed by atoms with Crippen molar-refractivity contribution < 1.29 is 43.0 Å². The molecule has 15 heteroatoms. The summed E-state index contributed by atoms with van der Waals surface area (Å²) in [6.45, 7) is -0.456. The van der Waals surface area contributed by atoms with E-state index in [4.69, 9.17) is 4.74 Å². The number of amides is 5. The SMILES string of the molecule is O=C1COc2ccc(cc2)C[C@@H](C(=O)N[C@H](Cc2ccccc2)C(=O)O)NC(=O)[C@H](Cc2ccccc2F)NC(=O)[C@@H](Cc2ccc(-c3ccccc3)cc2)NC(=O)[C@H](Cc2cccs2)N1. The molecule has 6 N–H and O–H groups in total. The molecule has 0 unspecified atom stereocenters. The summed E-state index contributed by atoms with van der Waals surface area (Å²) in [7, 11) is 0. The first-order valence-corrected chi connectivity index (χ1v) is 22.2. The zero-order valence-electron chi connectivity index (χ0n) is 35.7. The van der Waals surface area contributed by atoms with E-state index in [1.54, 1.807) is 60.7 Å². The molecule has 2 aliphatic heterocycles. The first-order chi connectivity index (χ1) is 32.0. The van der Waals surface area contributed by atoms with Gasteiger partial charge in [0.1, 0.15) is 41.8 Å². The van der Waals surface area contributed by atoms with Crippen molar-refractivity contribution in [3.05, 3.63) is 184 Å². The molecule has 0 saturated heterocycles. The Balaban J connectivity index is 1.24. The third kappa shape index (κ3) is 13.0. The van der Waals surface area contributed by atoms with Gasteiger partial charge in [0.15, 0.2) is 6.61 Å². The fraction of sp³-hybridized carbons (Fsp3) is 0.216. The van der Waals surface area contributed by atoms with Crippen molar-refractivity contribution >= 4 is 46.8 Å². The molecule has 2 aliphatic rings. The Morgan fingerprint density at radius 1 is 0.652 bits per heavy atom. The first-order valence-electron chi connectivity index (χ1n) is 21.4. The van der Waals surface area contributed by atoms with Crippen molar-refractivity contribution in [2.45, 2.75) is 62.3 Å². The van der Waals surface area contributed by atoms with Gasteiger partial charge in [0.2, 0.25) is 23.6 Å². The number of fused-ring (bicyclic) bond motifs is 16. The van der Waals surface area contributed by atoms with E-state index < -0.39 is 78.1 Å². The predicted molar refractivity (Wildman–Crippen MR) is 247 cm³/mol. The molecule has 338 valence electrons. The van der Waals surface area contributed by atoms with Gasteiger partial charge in [-0.05, 0) is 63.0 Å². The molecule has 5 atom stereocenters. The number of hydrogen-bond donors (Lipinski definition) is 6. The number of rotatable bonds is 12. The second-order valence-electron chi connectivity index (χ2n) is 15.9. The molecule has 0 aliphatic carbocycles. The van der Waals surface area contributed by atoms with Gasteiger partial charge in [0.05, 0.1) is 0 Å². The van der Waals surface area contributed by atoms with Gasteiger partial charge in [0.25, 0.3) is 5.91 Å². The molecule has 5 amide bonds. The van der Waals surface area contributed by atoms with Gasteiger partial charge >= 0.3 is 5.97 Å². The Morgan fingerprint density at radius 3 is 1.91 bits per heavy atom. The molecule has 13 nitrogen and oxygen atoms in total. The van der Waals surface area contributed by atoms with E-state index in [-0.39, 0.29) is 37.7 Å². The van der Waals surface area contributed by atoms with Crippen molar-refractivity contribution in [3.8, 4) is 16.9 Å². The maximum absolute atomic E-state index is 15.3. The van der Waals surface area contributed by atoms with Gasteiger partial charge in [-0.15, -0.1) is 11.3 Å². The van der Waals surface area contributed by atoms with Gasteiger partial charge in [0, 0.05) is 37.0 Å².